The molecule has 1 aromatic carbocycles. The number of amides is 1. The molecule has 1 fully saturated rings. The first kappa shape index (κ1) is 22.0. The summed E-state index contributed by atoms with van der Waals surface area (Å²) in [6.45, 7) is 4.53. The number of ether oxygens (including phenoxy) is 1. The van der Waals surface area contributed by atoms with Gasteiger partial charge in [-0.25, -0.2) is 0 Å². The van der Waals surface area contributed by atoms with Crippen molar-refractivity contribution in [2.45, 2.75) is 19.4 Å². The Balaban J connectivity index is 0.00000242. The summed E-state index contributed by atoms with van der Waals surface area (Å²) in [7, 11) is 1.86. The Bertz CT molecular complexity index is 468. The van der Waals surface area contributed by atoms with Gasteiger partial charge >= 0.3 is 0 Å². The lowest BCUT2D eigenvalue weighted by atomic mass is 10.1. The summed E-state index contributed by atoms with van der Waals surface area (Å²) in [6.07, 6.45) is 1.26. The van der Waals surface area contributed by atoms with Gasteiger partial charge in [-0.2, -0.15) is 0 Å². The summed E-state index contributed by atoms with van der Waals surface area (Å²) in [4.78, 5) is 16.1. The lowest BCUT2D eigenvalue weighted by molar-refractivity contribution is -0.130. The van der Waals surface area contributed by atoms with E-state index in [1.54, 1.807) is 4.90 Å². The molecule has 7 heteroatoms. The van der Waals surface area contributed by atoms with Gasteiger partial charge in [0.15, 0.2) is 0 Å². The van der Waals surface area contributed by atoms with Crippen LogP contribution in [0, 0.1) is 0 Å². The number of carbonyl (C=O) groups is 1. The molecule has 1 saturated heterocycles. The van der Waals surface area contributed by atoms with Gasteiger partial charge in [-0.05, 0) is 24.6 Å². The van der Waals surface area contributed by atoms with Crippen molar-refractivity contribution in [3.8, 4) is 0 Å². The van der Waals surface area contributed by atoms with Crippen molar-refractivity contribution in [2.24, 2.45) is 5.73 Å². The Kier molecular flexibility index (Phi) is 11.0. The van der Waals surface area contributed by atoms with Crippen LogP contribution in [0.2, 0.25) is 0 Å². The summed E-state index contributed by atoms with van der Waals surface area (Å²) in [5.74, 6) is 0.150. The van der Waals surface area contributed by atoms with E-state index in [0.717, 1.165) is 32.7 Å². The first-order valence-electron chi connectivity index (χ1n) is 7.57. The molecule has 0 aliphatic carbocycles. The second-order valence-corrected chi connectivity index (χ2v) is 5.37. The van der Waals surface area contributed by atoms with Gasteiger partial charge < -0.3 is 20.3 Å². The van der Waals surface area contributed by atoms with Gasteiger partial charge in [0.05, 0.1) is 13.2 Å². The highest BCUT2D eigenvalue weighted by molar-refractivity contribution is 5.85. The van der Waals surface area contributed by atoms with Gasteiger partial charge in [-0.3, -0.25) is 4.79 Å². The largest absolute Gasteiger partial charge is 0.378 e. The third-order valence-electron chi connectivity index (χ3n) is 3.77. The molecular formula is C16H27Cl2N3O2. The topological polar surface area (TPSA) is 58.8 Å². The summed E-state index contributed by atoms with van der Waals surface area (Å²) >= 11 is 0. The fourth-order valence-corrected chi connectivity index (χ4v) is 2.55. The number of para-hydroxylation sites is 1. The quantitative estimate of drug-likeness (QED) is 0.840. The molecule has 0 bridgehead atoms. The van der Waals surface area contributed by atoms with Crippen molar-refractivity contribution in [1.82, 2.24) is 4.90 Å². The van der Waals surface area contributed by atoms with Crippen molar-refractivity contribution in [3.05, 3.63) is 29.8 Å². The highest BCUT2D eigenvalue weighted by Gasteiger charge is 2.16. The standard InChI is InChI=1S/C16H25N3O2.2ClH/c1-18(16(20)7-4-8-17)13-14-5-2-3-6-15(14)19-9-11-21-12-10-19;;/h2-3,5-6H,4,7-13,17H2,1H3;2*1H. The van der Waals surface area contributed by atoms with E-state index in [4.69, 9.17) is 10.5 Å². The number of carbonyl (C=O) groups excluding carboxylic acids is 1. The number of halogens is 2. The molecule has 0 aromatic heterocycles. The molecule has 0 saturated carbocycles. The molecule has 1 aliphatic heterocycles. The smallest absolute Gasteiger partial charge is 0.222 e. The Morgan fingerprint density at radius 3 is 2.57 bits per heavy atom. The fourth-order valence-electron chi connectivity index (χ4n) is 2.55. The van der Waals surface area contributed by atoms with Gasteiger partial charge in [0.1, 0.15) is 0 Å². The van der Waals surface area contributed by atoms with Crippen LogP contribution in [0.3, 0.4) is 0 Å². The number of nitrogens with two attached hydrogens (primary N) is 1. The van der Waals surface area contributed by atoms with Crippen molar-refractivity contribution >= 4 is 36.4 Å². The third-order valence-corrected chi connectivity index (χ3v) is 3.77. The maximum absolute atomic E-state index is 12.0. The van der Waals surface area contributed by atoms with Crippen LogP contribution < -0.4 is 10.6 Å². The SMILES string of the molecule is CN(Cc1ccccc1N1CCOCC1)C(=O)CCCN.Cl.Cl. The Morgan fingerprint density at radius 1 is 1.26 bits per heavy atom. The predicted molar refractivity (Wildman–Crippen MR) is 98.7 cm³/mol. The molecule has 0 unspecified atom stereocenters. The molecular weight excluding hydrogens is 337 g/mol. The van der Waals surface area contributed by atoms with Gasteiger partial charge in [0, 0.05) is 38.8 Å². The van der Waals surface area contributed by atoms with E-state index in [1.165, 1.54) is 11.3 Å². The van der Waals surface area contributed by atoms with Crippen molar-refractivity contribution in [2.75, 3.05) is 44.8 Å². The summed E-state index contributed by atoms with van der Waals surface area (Å²) in [6, 6.07) is 8.29. The molecule has 5 nitrogen and oxygen atoms in total. The minimum atomic E-state index is 0. The third kappa shape index (κ3) is 6.55. The second kappa shape index (κ2) is 11.5. The Morgan fingerprint density at radius 2 is 1.91 bits per heavy atom. The average Bonchev–Trinajstić information content (AvgIpc) is 2.54. The molecule has 2 rings (SSSR count). The van der Waals surface area contributed by atoms with E-state index < -0.39 is 0 Å². The number of hydrogen-bond acceptors (Lipinski definition) is 4. The van der Waals surface area contributed by atoms with Crippen LogP contribution in [0.4, 0.5) is 5.69 Å². The van der Waals surface area contributed by atoms with E-state index >= 15 is 0 Å². The second-order valence-electron chi connectivity index (χ2n) is 5.37. The first-order chi connectivity index (χ1) is 10.2. The number of nitrogens with zero attached hydrogens (tertiary/aromatic N) is 2. The minimum Gasteiger partial charge on any atom is -0.378 e. The molecule has 0 atom stereocenters. The minimum absolute atomic E-state index is 0. The lowest BCUT2D eigenvalue weighted by Crippen LogP contribution is -2.37. The van der Waals surface area contributed by atoms with E-state index in [0.29, 0.717) is 19.5 Å². The zero-order valence-corrected chi connectivity index (χ0v) is 15.2. The molecule has 1 heterocycles. The first-order valence-corrected chi connectivity index (χ1v) is 7.57. The number of morpholine rings is 1. The zero-order chi connectivity index (χ0) is 15.1. The van der Waals surface area contributed by atoms with Crippen molar-refractivity contribution in [1.29, 1.82) is 0 Å². The molecule has 0 radical (unpaired) electrons. The monoisotopic (exact) mass is 363 g/mol. The lowest BCUT2D eigenvalue weighted by Gasteiger charge is -2.31. The Hall–Kier alpha value is -1.01. The molecule has 132 valence electrons. The molecule has 23 heavy (non-hydrogen) atoms. The van der Waals surface area contributed by atoms with Crippen LogP contribution in [0.5, 0.6) is 0 Å². The molecule has 1 aromatic rings. The molecule has 1 aliphatic rings. The number of benzene rings is 1. The van der Waals surface area contributed by atoms with Crippen LogP contribution >= 0.6 is 24.8 Å². The van der Waals surface area contributed by atoms with E-state index in [2.05, 4.69) is 17.0 Å². The predicted octanol–water partition coefficient (Wildman–Crippen LogP) is 2.06. The van der Waals surface area contributed by atoms with Gasteiger partial charge in [0.25, 0.3) is 0 Å². The average molecular weight is 364 g/mol. The van der Waals surface area contributed by atoms with Crippen LogP contribution in [-0.4, -0.2) is 50.7 Å². The summed E-state index contributed by atoms with van der Waals surface area (Å²) in [5, 5.41) is 0. The fraction of sp³-hybridized carbons (Fsp3) is 0.562. The molecule has 0 spiro atoms. The van der Waals surface area contributed by atoms with E-state index in [9.17, 15) is 4.79 Å². The van der Waals surface area contributed by atoms with E-state index in [1.807, 2.05) is 19.2 Å². The van der Waals surface area contributed by atoms with E-state index in [-0.39, 0.29) is 30.7 Å². The van der Waals surface area contributed by atoms with Gasteiger partial charge in [-0.15, -0.1) is 24.8 Å². The normalized spacial score (nSPS) is 13.7. The molecule has 1 amide bonds. The maximum atomic E-state index is 12.0. The van der Waals surface area contributed by atoms with Crippen LogP contribution in [0.15, 0.2) is 24.3 Å². The van der Waals surface area contributed by atoms with Crippen molar-refractivity contribution in [3.63, 3.8) is 0 Å². The summed E-state index contributed by atoms with van der Waals surface area (Å²) < 4.78 is 5.41. The van der Waals surface area contributed by atoms with Crippen molar-refractivity contribution < 1.29 is 9.53 Å². The molecule has 2 N–H and O–H groups in total. The van der Waals surface area contributed by atoms with Gasteiger partial charge in [-0.1, -0.05) is 18.2 Å². The number of anilines is 1. The number of rotatable bonds is 6. The zero-order valence-electron chi connectivity index (χ0n) is 13.6. The van der Waals surface area contributed by atoms with Crippen LogP contribution in [-0.2, 0) is 16.1 Å². The summed E-state index contributed by atoms with van der Waals surface area (Å²) in [5.41, 5.74) is 7.85. The highest BCUT2D eigenvalue weighted by Crippen LogP contribution is 2.22. The van der Waals surface area contributed by atoms with Crippen LogP contribution in [0.1, 0.15) is 18.4 Å². The maximum Gasteiger partial charge on any atom is 0.222 e. The number of hydrogen-bond donors (Lipinski definition) is 1. The Labute approximate surface area is 151 Å². The highest BCUT2D eigenvalue weighted by atomic mass is 35.5. The van der Waals surface area contributed by atoms with Gasteiger partial charge in [0.2, 0.25) is 5.91 Å². The van der Waals surface area contributed by atoms with Crippen LogP contribution in [0.25, 0.3) is 0 Å².